The second-order valence-electron chi connectivity index (χ2n) is 5.22. The number of hydrogen-bond acceptors (Lipinski definition) is 4. The summed E-state index contributed by atoms with van der Waals surface area (Å²) in [7, 11) is 0. The Balaban J connectivity index is 1.86. The van der Waals surface area contributed by atoms with Crippen molar-refractivity contribution in [2.45, 2.75) is 19.9 Å². The maximum absolute atomic E-state index is 12.1. The van der Waals surface area contributed by atoms with Crippen LogP contribution in [0.4, 0.5) is 0 Å². The number of rotatable bonds is 4. The van der Waals surface area contributed by atoms with Crippen LogP contribution in [0, 0.1) is 6.92 Å². The number of hydrazine groups is 1. The molecule has 3 amide bonds. The highest BCUT2D eigenvalue weighted by Crippen LogP contribution is 2.04. The molecule has 0 fully saturated rings. The van der Waals surface area contributed by atoms with E-state index in [1.54, 1.807) is 30.3 Å². The minimum Gasteiger partial charge on any atom is -0.340 e. The molecule has 7 nitrogen and oxygen atoms in total. The number of aromatic nitrogens is 1. The maximum Gasteiger partial charge on any atom is 0.288 e. The predicted octanol–water partition coefficient (Wildman–Crippen LogP) is 0.970. The molecule has 2 rings (SSSR count). The molecule has 0 unspecified atom stereocenters. The first-order valence-corrected chi connectivity index (χ1v) is 7.36. The zero-order chi connectivity index (χ0) is 17.5. The fourth-order valence-corrected chi connectivity index (χ4v) is 1.92. The zero-order valence-electron chi connectivity index (χ0n) is 13.4. The lowest BCUT2D eigenvalue weighted by Crippen LogP contribution is -2.51. The molecule has 1 heterocycles. The molecule has 1 aromatic carbocycles. The molecule has 3 N–H and O–H groups in total. The Morgan fingerprint density at radius 1 is 1.00 bits per heavy atom. The van der Waals surface area contributed by atoms with E-state index in [2.05, 4.69) is 21.2 Å². The zero-order valence-corrected chi connectivity index (χ0v) is 13.4. The van der Waals surface area contributed by atoms with Gasteiger partial charge in [-0.3, -0.25) is 30.2 Å². The van der Waals surface area contributed by atoms with E-state index in [1.807, 2.05) is 13.0 Å². The number of aryl methyl sites for hydroxylation is 1. The summed E-state index contributed by atoms with van der Waals surface area (Å²) in [5.74, 6) is -1.45. The molecule has 2 aromatic rings. The van der Waals surface area contributed by atoms with E-state index in [1.165, 1.54) is 19.2 Å². The SMILES string of the molecule is Cc1cccc(C(=O)N[C@@H](C)C(=O)NNC(=O)c2ccccn2)c1. The minimum absolute atomic E-state index is 0.175. The van der Waals surface area contributed by atoms with Crippen molar-refractivity contribution in [2.75, 3.05) is 0 Å². The largest absolute Gasteiger partial charge is 0.340 e. The third-order valence-corrected chi connectivity index (χ3v) is 3.22. The summed E-state index contributed by atoms with van der Waals surface area (Å²) in [5.41, 5.74) is 6.09. The van der Waals surface area contributed by atoms with E-state index in [0.717, 1.165) is 5.56 Å². The van der Waals surface area contributed by atoms with E-state index >= 15 is 0 Å². The van der Waals surface area contributed by atoms with E-state index in [0.29, 0.717) is 5.56 Å². The molecule has 0 aliphatic heterocycles. The molecule has 0 bridgehead atoms. The van der Waals surface area contributed by atoms with Crippen LogP contribution in [0.5, 0.6) is 0 Å². The Kier molecular flexibility index (Phi) is 5.62. The Labute approximate surface area is 139 Å². The summed E-state index contributed by atoms with van der Waals surface area (Å²) >= 11 is 0. The Morgan fingerprint density at radius 3 is 2.46 bits per heavy atom. The highest BCUT2D eigenvalue weighted by atomic mass is 16.2. The molecule has 24 heavy (non-hydrogen) atoms. The van der Waals surface area contributed by atoms with Crippen LogP contribution >= 0.6 is 0 Å². The average molecular weight is 326 g/mol. The summed E-state index contributed by atoms with van der Waals surface area (Å²) in [6.45, 7) is 3.40. The van der Waals surface area contributed by atoms with Crippen molar-refractivity contribution in [3.8, 4) is 0 Å². The molecular weight excluding hydrogens is 308 g/mol. The Hall–Kier alpha value is -3.22. The Bertz CT molecular complexity index is 747. The number of nitrogens with one attached hydrogen (secondary N) is 3. The molecule has 0 aliphatic rings. The van der Waals surface area contributed by atoms with Crippen LogP contribution in [-0.4, -0.2) is 28.7 Å². The average Bonchev–Trinajstić information content (AvgIpc) is 2.60. The van der Waals surface area contributed by atoms with Crippen molar-refractivity contribution < 1.29 is 14.4 Å². The number of carbonyl (C=O) groups is 3. The van der Waals surface area contributed by atoms with Crippen LogP contribution in [0.2, 0.25) is 0 Å². The first-order chi connectivity index (χ1) is 11.5. The van der Waals surface area contributed by atoms with Gasteiger partial charge in [0.15, 0.2) is 0 Å². The van der Waals surface area contributed by atoms with Gasteiger partial charge in [0.25, 0.3) is 17.7 Å². The fourth-order valence-electron chi connectivity index (χ4n) is 1.92. The fraction of sp³-hybridized carbons (Fsp3) is 0.176. The lowest BCUT2D eigenvalue weighted by molar-refractivity contribution is -0.123. The highest BCUT2D eigenvalue weighted by molar-refractivity contribution is 5.98. The van der Waals surface area contributed by atoms with Crippen LogP contribution in [0.25, 0.3) is 0 Å². The van der Waals surface area contributed by atoms with E-state index < -0.39 is 17.9 Å². The summed E-state index contributed by atoms with van der Waals surface area (Å²) < 4.78 is 0. The minimum atomic E-state index is -0.818. The second-order valence-corrected chi connectivity index (χ2v) is 5.22. The number of pyridine rings is 1. The van der Waals surface area contributed by atoms with Crippen molar-refractivity contribution >= 4 is 17.7 Å². The Morgan fingerprint density at radius 2 is 1.79 bits per heavy atom. The molecular formula is C17H18N4O3. The first kappa shape index (κ1) is 17.1. The summed E-state index contributed by atoms with van der Waals surface area (Å²) in [6.07, 6.45) is 1.47. The lowest BCUT2D eigenvalue weighted by atomic mass is 10.1. The van der Waals surface area contributed by atoms with Gasteiger partial charge in [0.1, 0.15) is 11.7 Å². The van der Waals surface area contributed by atoms with Crippen molar-refractivity contribution in [3.05, 3.63) is 65.5 Å². The number of carbonyl (C=O) groups excluding carboxylic acids is 3. The number of hydrogen-bond donors (Lipinski definition) is 3. The van der Waals surface area contributed by atoms with Crippen LogP contribution in [0.15, 0.2) is 48.7 Å². The van der Waals surface area contributed by atoms with Crippen molar-refractivity contribution in [3.63, 3.8) is 0 Å². The highest BCUT2D eigenvalue weighted by Gasteiger charge is 2.17. The monoisotopic (exact) mass is 326 g/mol. The van der Waals surface area contributed by atoms with Gasteiger partial charge < -0.3 is 5.32 Å². The van der Waals surface area contributed by atoms with E-state index in [4.69, 9.17) is 0 Å². The number of benzene rings is 1. The standard InChI is InChI=1S/C17H18N4O3/c1-11-6-5-7-13(10-11)16(23)19-12(2)15(22)20-21-17(24)14-8-3-4-9-18-14/h3-10,12H,1-2H3,(H,19,23)(H,20,22)(H,21,24)/t12-/m0/s1. The second kappa shape index (κ2) is 7.87. The van der Waals surface area contributed by atoms with Gasteiger partial charge in [-0.2, -0.15) is 0 Å². The molecule has 7 heteroatoms. The summed E-state index contributed by atoms with van der Waals surface area (Å²) in [5, 5.41) is 2.57. The first-order valence-electron chi connectivity index (χ1n) is 7.36. The van der Waals surface area contributed by atoms with Crippen molar-refractivity contribution in [1.29, 1.82) is 0 Å². The van der Waals surface area contributed by atoms with Gasteiger partial charge in [0, 0.05) is 11.8 Å². The molecule has 0 radical (unpaired) electrons. The van der Waals surface area contributed by atoms with Gasteiger partial charge in [0.05, 0.1) is 0 Å². The molecule has 0 saturated heterocycles. The molecule has 0 saturated carbocycles. The third kappa shape index (κ3) is 4.64. The third-order valence-electron chi connectivity index (χ3n) is 3.22. The van der Waals surface area contributed by atoms with Crippen molar-refractivity contribution in [1.82, 2.24) is 21.2 Å². The normalized spacial score (nSPS) is 11.2. The van der Waals surface area contributed by atoms with Crippen LogP contribution in [-0.2, 0) is 4.79 Å². The van der Waals surface area contributed by atoms with Gasteiger partial charge in [0.2, 0.25) is 0 Å². The summed E-state index contributed by atoms with van der Waals surface area (Å²) in [4.78, 5) is 39.7. The van der Waals surface area contributed by atoms with Crippen molar-refractivity contribution in [2.24, 2.45) is 0 Å². The molecule has 124 valence electrons. The van der Waals surface area contributed by atoms with Gasteiger partial charge in [-0.1, -0.05) is 23.8 Å². The molecule has 0 aliphatic carbocycles. The van der Waals surface area contributed by atoms with Crippen LogP contribution in [0.1, 0.15) is 33.3 Å². The van der Waals surface area contributed by atoms with Crippen LogP contribution in [0.3, 0.4) is 0 Å². The van der Waals surface area contributed by atoms with Gasteiger partial charge in [-0.25, -0.2) is 0 Å². The molecule has 0 spiro atoms. The predicted molar refractivity (Wildman–Crippen MR) is 88.0 cm³/mol. The topological polar surface area (TPSA) is 100 Å². The maximum atomic E-state index is 12.1. The molecule has 1 aromatic heterocycles. The van der Waals surface area contributed by atoms with Gasteiger partial charge in [-0.15, -0.1) is 0 Å². The quantitative estimate of drug-likeness (QED) is 0.729. The number of amides is 3. The van der Waals surface area contributed by atoms with Gasteiger partial charge in [-0.05, 0) is 38.1 Å². The van der Waals surface area contributed by atoms with E-state index in [-0.39, 0.29) is 11.6 Å². The van der Waals surface area contributed by atoms with Gasteiger partial charge >= 0.3 is 0 Å². The van der Waals surface area contributed by atoms with Crippen LogP contribution < -0.4 is 16.2 Å². The summed E-state index contributed by atoms with van der Waals surface area (Å²) in [6, 6.07) is 11.1. The van der Waals surface area contributed by atoms with E-state index in [9.17, 15) is 14.4 Å². The molecule has 1 atom stereocenters. The lowest BCUT2D eigenvalue weighted by Gasteiger charge is -2.14. The smallest absolute Gasteiger partial charge is 0.288 e. The number of nitrogens with zero attached hydrogens (tertiary/aromatic N) is 1.